The van der Waals surface area contributed by atoms with Crippen LogP contribution in [0.5, 0.6) is 0 Å². The number of carbonyl (C=O) groups is 2. The van der Waals surface area contributed by atoms with E-state index in [1.54, 1.807) is 4.90 Å². The molecular formula is C18H20F2N4O3. The van der Waals surface area contributed by atoms with Crippen molar-refractivity contribution in [3.63, 3.8) is 0 Å². The summed E-state index contributed by atoms with van der Waals surface area (Å²) >= 11 is 0. The van der Waals surface area contributed by atoms with Gasteiger partial charge in [0.15, 0.2) is 11.6 Å². The van der Waals surface area contributed by atoms with Gasteiger partial charge in [-0.25, -0.2) is 13.6 Å². The molecular weight excluding hydrogens is 358 g/mol. The van der Waals surface area contributed by atoms with Crippen LogP contribution in [0.4, 0.5) is 8.78 Å². The second-order valence-electron chi connectivity index (χ2n) is 6.48. The van der Waals surface area contributed by atoms with Gasteiger partial charge in [0.05, 0.1) is 12.6 Å². The van der Waals surface area contributed by atoms with Crippen LogP contribution in [0.1, 0.15) is 28.0 Å². The fourth-order valence-electron chi connectivity index (χ4n) is 3.20. The van der Waals surface area contributed by atoms with Crippen LogP contribution in [0, 0.1) is 11.6 Å². The van der Waals surface area contributed by atoms with Gasteiger partial charge in [-0.3, -0.25) is 14.8 Å². The highest BCUT2D eigenvalue weighted by Gasteiger charge is 2.22. The summed E-state index contributed by atoms with van der Waals surface area (Å²) in [6.45, 7) is 2.63. The van der Waals surface area contributed by atoms with Gasteiger partial charge >= 0.3 is 5.97 Å². The van der Waals surface area contributed by atoms with Crippen molar-refractivity contribution < 1.29 is 23.5 Å². The van der Waals surface area contributed by atoms with E-state index in [1.807, 2.05) is 4.90 Å². The van der Waals surface area contributed by atoms with E-state index in [2.05, 4.69) is 10.2 Å². The molecule has 1 aromatic carbocycles. The number of aromatic amines is 1. The van der Waals surface area contributed by atoms with Gasteiger partial charge in [0.25, 0.3) is 0 Å². The summed E-state index contributed by atoms with van der Waals surface area (Å²) < 4.78 is 27.1. The first-order valence-electron chi connectivity index (χ1n) is 8.64. The average molecular weight is 378 g/mol. The zero-order chi connectivity index (χ0) is 19.4. The normalized spacial score (nSPS) is 15.6. The molecule has 1 aliphatic rings. The third-order valence-electron chi connectivity index (χ3n) is 4.64. The van der Waals surface area contributed by atoms with Gasteiger partial charge in [-0.1, -0.05) is 12.1 Å². The molecule has 2 heterocycles. The van der Waals surface area contributed by atoms with E-state index >= 15 is 0 Å². The molecule has 0 spiro atoms. The van der Waals surface area contributed by atoms with Crippen LogP contribution in [-0.4, -0.2) is 63.2 Å². The molecule has 1 aromatic heterocycles. The number of hydrogen-bond acceptors (Lipinski definition) is 4. The molecule has 7 nitrogen and oxygen atoms in total. The number of carbonyl (C=O) groups excluding carboxylic acids is 1. The van der Waals surface area contributed by atoms with Crippen molar-refractivity contribution in [3.8, 4) is 0 Å². The van der Waals surface area contributed by atoms with Crippen LogP contribution in [0.15, 0.2) is 24.4 Å². The number of carboxylic acids is 1. The monoisotopic (exact) mass is 378 g/mol. The number of halogens is 2. The molecule has 27 heavy (non-hydrogen) atoms. The Morgan fingerprint density at radius 1 is 1.15 bits per heavy atom. The Kier molecular flexibility index (Phi) is 5.80. The number of nitrogens with one attached hydrogen (secondary N) is 1. The number of carboxylic acid groups (broad SMARTS) is 1. The second-order valence-corrected chi connectivity index (χ2v) is 6.48. The van der Waals surface area contributed by atoms with Gasteiger partial charge in [0.2, 0.25) is 5.91 Å². The van der Waals surface area contributed by atoms with Gasteiger partial charge in [0.1, 0.15) is 5.69 Å². The SMILES string of the molecule is O=C(O)c1[nH]ncc1CN1CCCN(C(=O)Cc2cccc(F)c2F)CC1. The maximum atomic E-state index is 13.8. The Balaban J connectivity index is 1.59. The number of H-pyrrole nitrogens is 1. The lowest BCUT2D eigenvalue weighted by Crippen LogP contribution is -2.36. The van der Waals surface area contributed by atoms with Crippen molar-refractivity contribution in [2.75, 3.05) is 26.2 Å². The quantitative estimate of drug-likeness (QED) is 0.826. The van der Waals surface area contributed by atoms with Crippen molar-refractivity contribution in [2.24, 2.45) is 0 Å². The molecule has 2 aromatic rings. The molecule has 3 rings (SSSR count). The lowest BCUT2D eigenvalue weighted by molar-refractivity contribution is -0.130. The average Bonchev–Trinajstić information content (AvgIpc) is 2.97. The third kappa shape index (κ3) is 4.48. The van der Waals surface area contributed by atoms with Gasteiger partial charge in [-0.05, 0) is 12.5 Å². The first-order valence-corrected chi connectivity index (χ1v) is 8.64. The first kappa shape index (κ1) is 19.0. The number of rotatable bonds is 5. The van der Waals surface area contributed by atoms with Crippen molar-refractivity contribution in [1.82, 2.24) is 20.0 Å². The Morgan fingerprint density at radius 2 is 1.96 bits per heavy atom. The van der Waals surface area contributed by atoms with Crippen LogP contribution in [0.2, 0.25) is 0 Å². The van der Waals surface area contributed by atoms with Gasteiger partial charge in [-0.2, -0.15) is 5.10 Å². The van der Waals surface area contributed by atoms with Crippen LogP contribution in [0.25, 0.3) is 0 Å². The molecule has 0 atom stereocenters. The highest BCUT2D eigenvalue weighted by Crippen LogP contribution is 2.15. The molecule has 0 bridgehead atoms. The molecule has 0 unspecified atom stereocenters. The highest BCUT2D eigenvalue weighted by molar-refractivity contribution is 5.86. The number of benzene rings is 1. The van der Waals surface area contributed by atoms with Crippen molar-refractivity contribution in [1.29, 1.82) is 0 Å². The molecule has 1 aliphatic heterocycles. The highest BCUT2D eigenvalue weighted by atomic mass is 19.2. The molecule has 0 radical (unpaired) electrons. The maximum absolute atomic E-state index is 13.8. The van der Waals surface area contributed by atoms with E-state index in [-0.39, 0.29) is 23.6 Å². The van der Waals surface area contributed by atoms with E-state index in [1.165, 1.54) is 18.3 Å². The molecule has 1 saturated heterocycles. The number of aromatic nitrogens is 2. The van der Waals surface area contributed by atoms with Gasteiger partial charge < -0.3 is 10.0 Å². The minimum absolute atomic E-state index is 0.0469. The summed E-state index contributed by atoms with van der Waals surface area (Å²) in [4.78, 5) is 27.3. The maximum Gasteiger partial charge on any atom is 0.354 e. The van der Waals surface area contributed by atoms with Gasteiger partial charge in [-0.15, -0.1) is 0 Å². The van der Waals surface area contributed by atoms with Gasteiger partial charge in [0, 0.05) is 43.9 Å². The third-order valence-corrected chi connectivity index (χ3v) is 4.64. The van der Waals surface area contributed by atoms with Crippen LogP contribution < -0.4 is 0 Å². The minimum atomic E-state index is -1.06. The molecule has 0 aliphatic carbocycles. The summed E-state index contributed by atoms with van der Waals surface area (Å²) in [7, 11) is 0. The van der Waals surface area contributed by atoms with Crippen molar-refractivity contribution in [3.05, 3.63) is 52.9 Å². The topological polar surface area (TPSA) is 89.5 Å². The molecule has 1 fully saturated rings. The largest absolute Gasteiger partial charge is 0.477 e. The Hall–Kier alpha value is -2.81. The zero-order valence-corrected chi connectivity index (χ0v) is 14.6. The Labute approximate surface area is 154 Å². The number of hydrogen-bond donors (Lipinski definition) is 2. The fourth-order valence-corrected chi connectivity index (χ4v) is 3.20. The lowest BCUT2D eigenvalue weighted by Gasteiger charge is -2.22. The predicted octanol–water partition coefficient (Wildman–Crippen LogP) is 1.66. The lowest BCUT2D eigenvalue weighted by atomic mass is 10.1. The molecule has 2 N–H and O–H groups in total. The molecule has 0 saturated carbocycles. The number of aromatic carboxylic acids is 1. The minimum Gasteiger partial charge on any atom is -0.477 e. The smallest absolute Gasteiger partial charge is 0.354 e. The summed E-state index contributed by atoms with van der Waals surface area (Å²) in [5.74, 6) is -3.26. The van der Waals surface area contributed by atoms with E-state index in [9.17, 15) is 18.4 Å². The van der Waals surface area contributed by atoms with Crippen LogP contribution in [-0.2, 0) is 17.8 Å². The summed E-state index contributed by atoms with van der Waals surface area (Å²) in [5.41, 5.74) is 0.698. The molecule has 9 heteroatoms. The first-order chi connectivity index (χ1) is 13.0. The fraction of sp³-hybridized carbons (Fsp3) is 0.389. The number of amides is 1. The van der Waals surface area contributed by atoms with E-state index in [4.69, 9.17) is 5.11 Å². The van der Waals surface area contributed by atoms with Crippen molar-refractivity contribution >= 4 is 11.9 Å². The Morgan fingerprint density at radius 3 is 2.74 bits per heavy atom. The van der Waals surface area contributed by atoms with Crippen LogP contribution in [0.3, 0.4) is 0 Å². The predicted molar refractivity (Wildman–Crippen MR) is 92.1 cm³/mol. The summed E-state index contributed by atoms with van der Waals surface area (Å²) in [6, 6.07) is 3.82. The summed E-state index contributed by atoms with van der Waals surface area (Å²) in [6.07, 6.45) is 2.01. The van der Waals surface area contributed by atoms with Crippen molar-refractivity contribution in [2.45, 2.75) is 19.4 Å². The number of nitrogens with zero attached hydrogens (tertiary/aromatic N) is 3. The molecule has 1 amide bonds. The zero-order valence-electron chi connectivity index (χ0n) is 14.6. The van der Waals surface area contributed by atoms with E-state index in [0.717, 1.165) is 6.07 Å². The molecule has 144 valence electrons. The summed E-state index contributed by atoms with van der Waals surface area (Å²) in [5, 5.41) is 15.4. The van der Waals surface area contributed by atoms with Crippen LogP contribution >= 0.6 is 0 Å². The van der Waals surface area contributed by atoms with E-state index < -0.39 is 17.6 Å². The van der Waals surface area contributed by atoms with E-state index in [0.29, 0.717) is 44.7 Å². The second kappa shape index (κ2) is 8.26. The Bertz CT molecular complexity index is 840. The standard InChI is InChI=1S/C18H20F2N4O3/c19-14-4-1-3-12(16(14)20)9-15(25)24-6-2-5-23(7-8-24)11-13-10-21-22-17(13)18(26)27/h1,3-4,10H,2,5-9,11H2,(H,21,22)(H,26,27).